The van der Waals surface area contributed by atoms with Gasteiger partial charge in [-0.25, -0.2) is 0 Å². The highest BCUT2D eigenvalue weighted by atomic mass is 31.2. The standard InChI is InChI=1S/C5H13OP/c1-5(2)7(3,4)6/h5H,1-4H3. The molecule has 0 saturated heterocycles. The molecule has 0 unspecified atom stereocenters. The number of hydrogen-bond acceptors (Lipinski definition) is 1. The van der Waals surface area contributed by atoms with Gasteiger partial charge in [-0.1, -0.05) is 13.8 Å². The normalized spacial score (nSPS) is 12.7. The average Bonchev–Trinajstić information content (AvgIpc) is 1.31. The maximum absolute atomic E-state index is 10.9. The predicted molar refractivity (Wildman–Crippen MR) is 34.6 cm³/mol. The third kappa shape index (κ3) is 2.87. The van der Waals surface area contributed by atoms with Gasteiger partial charge in [-0.15, -0.1) is 0 Å². The minimum Gasteiger partial charge on any atom is -0.324 e. The second-order valence-corrected chi connectivity index (χ2v) is 6.43. The fraction of sp³-hybridized carbons (Fsp3) is 1.00. The molecule has 0 aromatic rings. The quantitative estimate of drug-likeness (QED) is 0.484. The summed E-state index contributed by atoms with van der Waals surface area (Å²) in [6.07, 6.45) is 0. The van der Waals surface area contributed by atoms with Gasteiger partial charge in [0.05, 0.1) is 7.14 Å². The lowest BCUT2D eigenvalue weighted by Crippen LogP contribution is -1.92. The lowest BCUT2D eigenvalue weighted by atomic mass is 10.6. The number of rotatable bonds is 1. The minimum absolute atomic E-state index is 0.354. The van der Waals surface area contributed by atoms with Crippen LogP contribution >= 0.6 is 7.14 Å². The van der Waals surface area contributed by atoms with Gasteiger partial charge >= 0.3 is 0 Å². The Labute approximate surface area is 45.5 Å². The van der Waals surface area contributed by atoms with E-state index in [0.29, 0.717) is 5.66 Å². The van der Waals surface area contributed by atoms with E-state index in [1.807, 2.05) is 27.2 Å². The Morgan fingerprint density at radius 2 is 1.43 bits per heavy atom. The van der Waals surface area contributed by atoms with E-state index in [9.17, 15) is 4.57 Å². The van der Waals surface area contributed by atoms with Crippen LogP contribution in [0.5, 0.6) is 0 Å². The van der Waals surface area contributed by atoms with Crippen LogP contribution in [0.1, 0.15) is 13.8 Å². The molecule has 0 radical (unpaired) electrons. The second-order valence-electron chi connectivity index (χ2n) is 2.53. The summed E-state index contributed by atoms with van der Waals surface area (Å²) in [6.45, 7) is 7.61. The van der Waals surface area contributed by atoms with Crippen LogP contribution in [0.25, 0.3) is 0 Å². The molecule has 0 aliphatic carbocycles. The fourth-order valence-corrected chi connectivity index (χ4v) is 0. The van der Waals surface area contributed by atoms with E-state index in [4.69, 9.17) is 0 Å². The van der Waals surface area contributed by atoms with Crippen molar-refractivity contribution in [1.82, 2.24) is 0 Å². The molecule has 0 spiro atoms. The van der Waals surface area contributed by atoms with Gasteiger partial charge < -0.3 is 4.57 Å². The summed E-state index contributed by atoms with van der Waals surface area (Å²) >= 11 is 0. The summed E-state index contributed by atoms with van der Waals surface area (Å²) in [5.41, 5.74) is 0.354. The van der Waals surface area contributed by atoms with Gasteiger partial charge in [0.2, 0.25) is 0 Å². The molecule has 0 aliphatic rings. The van der Waals surface area contributed by atoms with Gasteiger partial charge in [0.25, 0.3) is 0 Å². The fourth-order valence-electron chi connectivity index (χ4n) is 0. The van der Waals surface area contributed by atoms with E-state index in [1.165, 1.54) is 0 Å². The SMILES string of the molecule is CC(C)P(C)(C)=O. The Balaban J connectivity index is 3.80. The van der Waals surface area contributed by atoms with Crippen LogP contribution in [0, 0.1) is 0 Å². The van der Waals surface area contributed by atoms with Crippen LogP contribution in [0.3, 0.4) is 0 Å². The molecule has 0 heterocycles. The molecule has 0 N–H and O–H groups in total. The van der Waals surface area contributed by atoms with Crippen molar-refractivity contribution in [3.63, 3.8) is 0 Å². The van der Waals surface area contributed by atoms with Crippen LogP contribution in [-0.2, 0) is 4.57 Å². The van der Waals surface area contributed by atoms with Crippen LogP contribution in [-0.4, -0.2) is 19.0 Å². The first-order valence-electron chi connectivity index (χ1n) is 2.49. The first kappa shape index (κ1) is 7.23. The van der Waals surface area contributed by atoms with Gasteiger partial charge in [0, 0.05) is 5.66 Å². The second kappa shape index (κ2) is 2.00. The van der Waals surface area contributed by atoms with Crippen molar-refractivity contribution in [2.75, 3.05) is 13.3 Å². The predicted octanol–water partition coefficient (Wildman–Crippen LogP) is 2.02. The van der Waals surface area contributed by atoms with Crippen molar-refractivity contribution in [3.05, 3.63) is 0 Å². The van der Waals surface area contributed by atoms with Crippen molar-refractivity contribution in [3.8, 4) is 0 Å². The van der Waals surface area contributed by atoms with Gasteiger partial charge in [-0.2, -0.15) is 0 Å². The molecule has 2 heteroatoms. The molecule has 0 amide bonds. The van der Waals surface area contributed by atoms with Crippen LogP contribution in [0.4, 0.5) is 0 Å². The van der Waals surface area contributed by atoms with Gasteiger partial charge in [0.1, 0.15) is 0 Å². The summed E-state index contributed by atoms with van der Waals surface area (Å²) in [5, 5.41) is 0. The smallest absolute Gasteiger partial charge is 0.0843 e. The Hall–Kier alpha value is 0.230. The molecule has 44 valence electrons. The highest BCUT2D eigenvalue weighted by Crippen LogP contribution is 2.41. The average molecular weight is 120 g/mol. The van der Waals surface area contributed by atoms with Crippen LogP contribution in [0.15, 0.2) is 0 Å². The maximum Gasteiger partial charge on any atom is 0.0843 e. The van der Waals surface area contributed by atoms with Crippen LogP contribution in [0.2, 0.25) is 0 Å². The first-order valence-corrected chi connectivity index (χ1v) is 5.16. The Morgan fingerprint density at radius 1 is 1.29 bits per heavy atom. The monoisotopic (exact) mass is 120 g/mol. The highest BCUT2D eigenvalue weighted by Gasteiger charge is 2.10. The molecule has 0 aromatic carbocycles. The van der Waals surface area contributed by atoms with Crippen molar-refractivity contribution in [2.24, 2.45) is 0 Å². The zero-order chi connectivity index (χ0) is 6.08. The molecule has 0 saturated carbocycles. The Bertz CT molecular complexity index is 90.3. The Kier molecular flexibility index (Phi) is 2.07. The highest BCUT2D eigenvalue weighted by molar-refractivity contribution is 7.63. The van der Waals surface area contributed by atoms with Crippen molar-refractivity contribution < 1.29 is 4.57 Å². The number of hydrogen-bond donors (Lipinski definition) is 0. The van der Waals surface area contributed by atoms with E-state index in [2.05, 4.69) is 0 Å². The molecule has 0 aromatic heterocycles. The van der Waals surface area contributed by atoms with E-state index in [1.54, 1.807) is 0 Å². The molecule has 0 aliphatic heterocycles. The van der Waals surface area contributed by atoms with E-state index >= 15 is 0 Å². The van der Waals surface area contributed by atoms with Crippen molar-refractivity contribution in [2.45, 2.75) is 19.5 Å². The zero-order valence-electron chi connectivity index (χ0n) is 5.43. The van der Waals surface area contributed by atoms with E-state index in [-0.39, 0.29) is 0 Å². The van der Waals surface area contributed by atoms with E-state index < -0.39 is 7.14 Å². The third-order valence-corrected chi connectivity index (χ3v) is 3.73. The molecule has 0 rings (SSSR count). The van der Waals surface area contributed by atoms with Gasteiger partial charge in [-0.05, 0) is 13.3 Å². The van der Waals surface area contributed by atoms with Gasteiger partial charge in [-0.3, -0.25) is 0 Å². The van der Waals surface area contributed by atoms with Crippen molar-refractivity contribution in [1.29, 1.82) is 0 Å². The lowest BCUT2D eigenvalue weighted by molar-refractivity contribution is 0.576. The summed E-state index contributed by atoms with van der Waals surface area (Å²) in [4.78, 5) is 0. The molecule has 7 heavy (non-hydrogen) atoms. The largest absolute Gasteiger partial charge is 0.324 e. The molecule has 0 bridgehead atoms. The molecule has 1 nitrogen and oxygen atoms in total. The minimum atomic E-state index is -1.74. The Morgan fingerprint density at radius 3 is 1.43 bits per heavy atom. The molecule has 0 atom stereocenters. The van der Waals surface area contributed by atoms with E-state index in [0.717, 1.165) is 0 Å². The topological polar surface area (TPSA) is 17.1 Å². The molecular weight excluding hydrogens is 107 g/mol. The molecular formula is C5H13OP. The van der Waals surface area contributed by atoms with Gasteiger partial charge in [0.15, 0.2) is 0 Å². The summed E-state index contributed by atoms with van der Waals surface area (Å²) < 4.78 is 10.9. The summed E-state index contributed by atoms with van der Waals surface area (Å²) in [7, 11) is -1.74. The molecule has 0 fully saturated rings. The first-order chi connectivity index (χ1) is 2.94. The van der Waals surface area contributed by atoms with Crippen molar-refractivity contribution >= 4 is 7.14 Å². The summed E-state index contributed by atoms with van der Waals surface area (Å²) in [6, 6.07) is 0. The zero-order valence-corrected chi connectivity index (χ0v) is 6.33. The maximum atomic E-state index is 10.9. The summed E-state index contributed by atoms with van der Waals surface area (Å²) in [5.74, 6) is 0. The lowest BCUT2D eigenvalue weighted by Gasteiger charge is -2.08. The third-order valence-electron chi connectivity index (χ3n) is 1.24. The van der Waals surface area contributed by atoms with Crippen LogP contribution < -0.4 is 0 Å².